The van der Waals surface area contributed by atoms with Crippen LogP contribution in [0.3, 0.4) is 0 Å². The molecule has 6 fully saturated rings. The Morgan fingerprint density at radius 2 is 0.752 bits per heavy atom. The monoisotopic (exact) mass is 2030 g/mol. The van der Waals surface area contributed by atoms with Gasteiger partial charge in [-0.1, -0.05) is 149 Å². The van der Waals surface area contributed by atoms with Crippen LogP contribution < -0.4 is 36.6 Å². The van der Waals surface area contributed by atoms with Gasteiger partial charge in [-0.05, 0) is 176 Å². The van der Waals surface area contributed by atoms with Gasteiger partial charge in [-0.15, -0.1) is 32.9 Å². The highest BCUT2D eigenvalue weighted by Crippen LogP contribution is 2.50. The molecule has 41 heteroatoms. The molecule has 15 atom stereocenters. The quantitative estimate of drug-likeness (QED) is 0.0284. The molecule has 3 aliphatic carbocycles. The van der Waals surface area contributed by atoms with Crippen molar-refractivity contribution in [1.29, 1.82) is 0 Å². The van der Waals surface area contributed by atoms with Gasteiger partial charge in [-0.2, -0.15) is 34.8 Å². The molecular weight excluding hydrogens is 1900 g/mol. The molecule has 5 aromatic heterocycles. The van der Waals surface area contributed by atoms with Gasteiger partial charge in [-0.25, -0.2) is 38.7 Å². The van der Waals surface area contributed by atoms with Gasteiger partial charge in [0, 0.05) is 96.5 Å². The van der Waals surface area contributed by atoms with Gasteiger partial charge in [-0.3, -0.25) is 28.8 Å². The average molecular weight is 2030 g/mol. The van der Waals surface area contributed by atoms with Crippen LogP contribution >= 0.6 is 22.7 Å². The molecule has 0 radical (unpaired) electrons. The number of carbonyl (C=O) groups is 12. The Morgan fingerprint density at radius 3 is 1.07 bits per heavy atom. The number of fused-ring (bicyclic) bond motifs is 6. The van der Waals surface area contributed by atoms with Crippen molar-refractivity contribution in [3.63, 3.8) is 0 Å². The van der Waals surface area contributed by atoms with Crippen LogP contribution in [0.5, 0.6) is 5.75 Å². The number of hydrogen-bond acceptors (Lipinski definition) is 26. The molecule has 145 heavy (non-hydrogen) atoms. The van der Waals surface area contributed by atoms with Gasteiger partial charge in [0.1, 0.15) is 114 Å². The van der Waals surface area contributed by atoms with Gasteiger partial charge in [0.2, 0.25) is 35.4 Å². The van der Waals surface area contributed by atoms with Crippen molar-refractivity contribution in [3.8, 4) is 60.9 Å². The Hall–Kier alpha value is -13.6. The lowest BCUT2D eigenvalue weighted by atomic mass is 10.0. The lowest BCUT2D eigenvalue weighted by Gasteiger charge is -2.30. The Balaban J connectivity index is 0.000000164. The maximum absolute atomic E-state index is 14.4. The van der Waals surface area contributed by atoms with Crippen molar-refractivity contribution in [2.45, 2.75) is 311 Å². The molecule has 3 saturated heterocycles. The van der Waals surface area contributed by atoms with Gasteiger partial charge in [0.15, 0.2) is 0 Å². The fourth-order valence-electron chi connectivity index (χ4n) is 19.6. The molecule has 774 valence electrons. The van der Waals surface area contributed by atoms with Crippen LogP contribution in [0, 0.1) is 17.8 Å². The standard InChI is InChI=1S/C35H43N7O7S.C35H48N6O6.C34H41N7O6S/c1-34(2,3)49-33(47)37-25-11-9-7-5-6-8-10-22-19-35(22,32(45)46)38-29(43)26-18-23(20-41(26)31(25)44)42-39-27(21-12-14-24(48-4)15-13-21)28(40-42)30-36-16-17-50-30;1-5-6-18-26-29(23-15-11-10-12-16-23)39-41(38-26)25-20-28-30(42)37-35(32(44)45)21-24(35)17-13-8-7-9-14-19-27(31(43)40(28)22-25)36-33(46)47-34(2,3)4;1-33(2,3)47-32(46)36-24-15-11-6-4-5-10-14-22-19-34(22,31(44)45)37-28(42)25-18-23(20-40(25)30(24)43)41-38-26(21-12-8-7-9-13-21)27(39-41)29-35-16-17-48-29/h8,10,12-17,22-23,25-26H,5-7,9,11,18-20H2,1-4H3,(H,37,47)(H,38,43)(H,45,46);10-13,15-17,24-25,27-28H,5-9,14,18-22H2,1-4H3,(H,36,46)(H,37,42)(H,44,45);7-10,12-14,16-17,22-25H,4-6,11,15,18-20H2,1-3H3,(H,36,46)(H,37,42)(H,44,45)/b10-8-;17-13-;14-10-/t22-,23+,25-,26+,35+;24-,25+,27-,28+,35+;22-,23+,24-,25+,34+/m111/s1. The first kappa shape index (κ1) is 106. The second kappa shape index (κ2) is 45.4. The second-order valence-corrected chi connectivity index (χ2v) is 43.5. The Morgan fingerprint density at radius 1 is 0.428 bits per heavy atom. The fraction of sp³-hybridized carbons (Fsp3) is 0.538. The largest absolute Gasteiger partial charge is 0.497 e. The third-order valence-corrected chi connectivity index (χ3v) is 29.0. The molecule has 8 aromatic rings. The van der Waals surface area contributed by atoms with E-state index in [2.05, 4.69) is 48.8 Å². The Bertz CT molecular complexity index is 6070. The second-order valence-electron chi connectivity index (χ2n) is 41.7. The molecule has 3 aromatic carbocycles. The average Bonchev–Trinajstić information content (AvgIpc) is 1.58. The van der Waals surface area contributed by atoms with Crippen LogP contribution in [-0.4, -0.2) is 253 Å². The van der Waals surface area contributed by atoms with E-state index in [4.69, 9.17) is 49.5 Å². The summed E-state index contributed by atoms with van der Waals surface area (Å²) in [6, 6.07) is 19.4. The van der Waals surface area contributed by atoms with Crippen LogP contribution in [0.4, 0.5) is 14.4 Å². The summed E-state index contributed by atoms with van der Waals surface area (Å²) in [7, 11) is 1.59. The van der Waals surface area contributed by atoms with Crippen LogP contribution in [0.25, 0.3) is 55.2 Å². The first-order chi connectivity index (χ1) is 69.2. The molecule has 9 N–H and O–H groups in total. The first-order valence-electron chi connectivity index (χ1n) is 50.3. The number of unbranched alkanes of at least 4 members (excludes halogenated alkanes) is 1. The minimum Gasteiger partial charge on any atom is -0.497 e. The van der Waals surface area contributed by atoms with E-state index in [9.17, 15) is 72.9 Å². The van der Waals surface area contributed by atoms with E-state index in [1.54, 1.807) is 86.6 Å². The molecule has 0 unspecified atom stereocenters. The van der Waals surface area contributed by atoms with E-state index in [0.29, 0.717) is 83.5 Å². The predicted molar refractivity (Wildman–Crippen MR) is 537 cm³/mol. The number of nitrogens with zero attached hydrogens (tertiary/aromatic N) is 14. The van der Waals surface area contributed by atoms with Gasteiger partial charge in [0.25, 0.3) is 0 Å². The van der Waals surface area contributed by atoms with Crippen molar-refractivity contribution in [3.05, 3.63) is 150 Å². The highest BCUT2D eigenvalue weighted by molar-refractivity contribution is 7.13. The smallest absolute Gasteiger partial charge is 0.408 e. The predicted octanol–water partition coefficient (Wildman–Crippen LogP) is 14.0. The summed E-state index contributed by atoms with van der Waals surface area (Å²) in [5, 5.41) is 81.4. The number of carboxylic acid groups (broad SMARTS) is 3. The van der Waals surface area contributed by atoms with Crippen molar-refractivity contribution in [1.82, 2.24) is 102 Å². The van der Waals surface area contributed by atoms with Crippen molar-refractivity contribution < 1.29 is 91.8 Å². The molecule has 11 heterocycles. The number of nitrogens with one attached hydrogen (secondary N) is 6. The van der Waals surface area contributed by atoms with E-state index >= 15 is 0 Å². The normalized spacial score (nSPS) is 27.0. The van der Waals surface area contributed by atoms with E-state index in [1.165, 1.54) is 47.0 Å². The summed E-state index contributed by atoms with van der Waals surface area (Å²) in [6.07, 6.45) is 27.0. The number of ether oxygens (including phenoxy) is 4. The Labute approximate surface area is 849 Å². The number of alkyl carbamates (subject to hydrolysis) is 3. The van der Waals surface area contributed by atoms with Crippen molar-refractivity contribution in [2.24, 2.45) is 17.8 Å². The third-order valence-electron chi connectivity index (χ3n) is 27.4. The fourth-order valence-corrected chi connectivity index (χ4v) is 20.9. The summed E-state index contributed by atoms with van der Waals surface area (Å²) in [5.74, 6) is -6.63. The number of hydrogen-bond donors (Lipinski definition) is 9. The molecule has 9 aliphatic rings. The number of amides is 9. The number of carbonyl (C=O) groups excluding carboxylic acids is 9. The summed E-state index contributed by atoms with van der Waals surface area (Å²) in [6.45, 7) is 18.1. The lowest BCUT2D eigenvalue weighted by molar-refractivity contribution is -0.146. The third kappa shape index (κ3) is 25.7. The van der Waals surface area contributed by atoms with E-state index in [1.807, 2.05) is 132 Å². The highest BCUT2D eigenvalue weighted by atomic mass is 32.1. The number of thiazole rings is 2. The number of methoxy groups -OCH3 is 1. The van der Waals surface area contributed by atoms with Crippen LogP contribution in [0.2, 0.25) is 0 Å². The number of aliphatic carboxylic acids is 3. The van der Waals surface area contributed by atoms with E-state index in [0.717, 1.165) is 105 Å². The minimum atomic E-state index is -1.45. The van der Waals surface area contributed by atoms with Crippen LogP contribution in [-0.2, 0) is 63.8 Å². The number of allylic oxidation sites excluding steroid dienone is 3. The molecule has 3 saturated carbocycles. The SMILES string of the molecule is CC(C)(C)OC(=O)N[C@@H]1CCCCC/C=C\[C@@H]2C[C@]2(C(=O)O)NC(=O)[C@@H]2C[C@H](n3nc(-c4ccccc4)c(-c4nccs4)n3)CN2C1=O.CCCCc1nn([C@H]2C[C@H]3C(=O)N[C@@]4(C(=O)O)C[C@H]4/C=C\CCCCC[C@@H](NC(=O)OC(C)(C)C)C(=O)N3C2)nc1-c1ccccc1.COc1ccc(-c2nn([C@H]3C[C@H]4C(=O)N[C@@]5(C(=O)O)C[C@H]5/C=C\CCCCC[C@@H](NC(=O)OC(C)(C)C)C(=O)N4C3)nc2-c2nccs2)cc1. The number of carboxylic acids is 3. The topological polar surface area (TPSA) is 502 Å². The molecule has 9 amide bonds. The number of aromatic nitrogens is 11. The summed E-state index contributed by atoms with van der Waals surface area (Å²) < 4.78 is 21.8. The van der Waals surface area contributed by atoms with E-state index < -0.39 is 159 Å². The Kier molecular flexibility index (Phi) is 33.1. The maximum Gasteiger partial charge on any atom is 0.408 e. The number of rotatable bonds is 18. The number of aryl methyl sites for hydroxylation is 1. The van der Waals surface area contributed by atoms with Crippen molar-refractivity contribution >= 4 is 94.3 Å². The molecule has 39 nitrogen and oxygen atoms in total. The zero-order valence-corrected chi connectivity index (χ0v) is 85.5. The minimum absolute atomic E-state index is 0.0564. The molecular formula is C104H132N20O19S2. The first-order valence-corrected chi connectivity index (χ1v) is 52.0. The lowest BCUT2D eigenvalue weighted by Crippen LogP contribution is -2.56. The molecule has 0 spiro atoms. The highest BCUT2D eigenvalue weighted by Gasteiger charge is 2.65. The molecule has 17 rings (SSSR count). The van der Waals surface area contributed by atoms with Gasteiger partial charge in [0.05, 0.1) is 30.9 Å². The van der Waals surface area contributed by atoms with Crippen LogP contribution in [0.1, 0.15) is 241 Å². The summed E-state index contributed by atoms with van der Waals surface area (Å²) in [4.78, 5) is 179. The van der Waals surface area contributed by atoms with Crippen LogP contribution in [0.15, 0.2) is 145 Å². The summed E-state index contributed by atoms with van der Waals surface area (Å²) >= 11 is 2.84. The number of benzene rings is 3. The van der Waals surface area contributed by atoms with E-state index in [-0.39, 0.29) is 69.5 Å². The molecule has 0 bridgehead atoms. The van der Waals surface area contributed by atoms with Crippen molar-refractivity contribution in [2.75, 3.05) is 26.7 Å². The van der Waals surface area contributed by atoms with Gasteiger partial charge >= 0.3 is 36.2 Å². The zero-order valence-electron chi connectivity index (χ0n) is 83.8. The molecule has 6 aliphatic heterocycles. The van der Waals surface area contributed by atoms with Gasteiger partial charge < -0.3 is 80.9 Å². The summed E-state index contributed by atoms with van der Waals surface area (Å²) in [5.41, 5.74) is -0.117. The maximum atomic E-state index is 14.4. The zero-order chi connectivity index (χ0) is 103.